The summed E-state index contributed by atoms with van der Waals surface area (Å²) in [5, 5.41) is 0. The Kier molecular flexibility index (Phi) is 7.26. The molecule has 0 radical (unpaired) electrons. The number of hydrogen-bond donors (Lipinski definition) is 1. The molecule has 1 amide bonds. The van der Waals surface area contributed by atoms with Gasteiger partial charge in [-0.25, -0.2) is 0 Å². The normalized spacial score (nSPS) is 13.8. The van der Waals surface area contributed by atoms with E-state index in [4.69, 9.17) is 10.5 Å². The minimum absolute atomic E-state index is 0.000234. The SMILES string of the molecule is CCC(C)[C@H](N)C(=O)N(CCOC)Cc1ccccc1. The van der Waals surface area contributed by atoms with Crippen LogP contribution < -0.4 is 5.73 Å². The highest BCUT2D eigenvalue weighted by Crippen LogP contribution is 2.11. The lowest BCUT2D eigenvalue weighted by atomic mass is 9.98. The number of rotatable bonds is 8. The smallest absolute Gasteiger partial charge is 0.240 e. The average molecular weight is 278 g/mol. The van der Waals surface area contributed by atoms with Crippen molar-refractivity contribution in [2.75, 3.05) is 20.3 Å². The van der Waals surface area contributed by atoms with Gasteiger partial charge in [0, 0.05) is 20.2 Å². The maximum absolute atomic E-state index is 12.5. The summed E-state index contributed by atoms with van der Waals surface area (Å²) >= 11 is 0. The summed E-state index contributed by atoms with van der Waals surface area (Å²) in [6.45, 7) is 5.72. The van der Waals surface area contributed by atoms with Crippen LogP contribution in [-0.4, -0.2) is 37.1 Å². The Morgan fingerprint density at radius 1 is 1.35 bits per heavy atom. The number of amides is 1. The van der Waals surface area contributed by atoms with Crippen molar-refractivity contribution < 1.29 is 9.53 Å². The van der Waals surface area contributed by atoms with Gasteiger partial charge >= 0.3 is 0 Å². The van der Waals surface area contributed by atoms with E-state index in [2.05, 4.69) is 6.92 Å². The van der Waals surface area contributed by atoms with Gasteiger partial charge in [0.1, 0.15) is 0 Å². The van der Waals surface area contributed by atoms with Crippen molar-refractivity contribution in [3.8, 4) is 0 Å². The number of carbonyl (C=O) groups is 1. The van der Waals surface area contributed by atoms with Gasteiger partial charge in [0.25, 0.3) is 0 Å². The molecule has 0 heterocycles. The number of methoxy groups -OCH3 is 1. The molecule has 2 N–H and O–H groups in total. The van der Waals surface area contributed by atoms with Crippen LogP contribution in [0.4, 0.5) is 0 Å². The molecule has 20 heavy (non-hydrogen) atoms. The van der Waals surface area contributed by atoms with Crippen LogP contribution in [0.15, 0.2) is 30.3 Å². The van der Waals surface area contributed by atoms with Crippen LogP contribution in [0.5, 0.6) is 0 Å². The van der Waals surface area contributed by atoms with Gasteiger partial charge in [0.05, 0.1) is 12.6 Å². The van der Waals surface area contributed by atoms with Crippen LogP contribution in [0.25, 0.3) is 0 Å². The van der Waals surface area contributed by atoms with Crippen LogP contribution in [0.3, 0.4) is 0 Å². The summed E-state index contributed by atoms with van der Waals surface area (Å²) in [6.07, 6.45) is 0.899. The first-order valence-corrected chi connectivity index (χ1v) is 7.17. The summed E-state index contributed by atoms with van der Waals surface area (Å²) in [5.41, 5.74) is 7.17. The lowest BCUT2D eigenvalue weighted by Crippen LogP contribution is -2.47. The lowest BCUT2D eigenvalue weighted by Gasteiger charge is -2.28. The molecule has 0 aliphatic rings. The molecule has 0 saturated carbocycles. The van der Waals surface area contributed by atoms with E-state index in [0.717, 1.165) is 12.0 Å². The van der Waals surface area contributed by atoms with Gasteiger partial charge in [-0.3, -0.25) is 4.79 Å². The summed E-state index contributed by atoms with van der Waals surface area (Å²) in [7, 11) is 1.64. The summed E-state index contributed by atoms with van der Waals surface area (Å²) in [6, 6.07) is 9.51. The van der Waals surface area contributed by atoms with Crippen molar-refractivity contribution in [1.29, 1.82) is 0 Å². The van der Waals surface area contributed by atoms with Crippen LogP contribution >= 0.6 is 0 Å². The molecule has 1 aromatic carbocycles. The predicted molar refractivity (Wildman–Crippen MR) is 81.2 cm³/mol. The first-order valence-electron chi connectivity index (χ1n) is 7.17. The second kappa shape index (κ2) is 8.72. The molecular weight excluding hydrogens is 252 g/mol. The minimum Gasteiger partial charge on any atom is -0.383 e. The molecule has 2 atom stereocenters. The quantitative estimate of drug-likeness (QED) is 0.791. The third kappa shape index (κ3) is 4.94. The van der Waals surface area contributed by atoms with E-state index >= 15 is 0 Å². The zero-order valence-electron chi connectivity index (χ0n) is 12.7. The van der Waals surface area contributed by atoms with E-state index in [1.165, 1.54) is 0 Å². The third-order valence-electron chi connectivity index (χ3n) is 3.64. The Morgan fingerprint density at radius 3 is 2.55 bits per heavy atom. The van der Waals surface area contributed by atoms with Crippen LogP contribution in [0.1, 0.15) is 25.8 Å². The summed E-state index contributed by atoms with van der Waals surface area (Å²) in [5.74, 6) is 0.184. The lowest BCUT2D eigenvalue weighted by molar-refractivity contribution is -0.135. The molecule has 0 aliphatic carbocycles. The van der Waals surface area contributed by atoms with Crippen LogP contribution in [0.2, 0.25) is 0 Å². The van der Waals surface area contributed by atoms with E-state index in [1.54, 1.807) is 12.0 Å². The standard InChI is InChI=1S/C16H26N2O2/c1-4-13(2)15(17)16(19)18(10-11-20-3)12-14-8-6-5-7-9-14/h5-9,13,15H,4,10-12,17H2,1-3H3/t13?,15-/m0/s1. The van der Waals surface area contributed by atoms with Crippen molar-refractivity contribution in [1.82, 2.24) is 4.90 Å². The molecule has 112 valence electrons. The molecule has 4 nitrogen and oxygen atoms in total. The molecule has 0 fully saturated rings. The van der Waals surface area contributed by atoms with Crippen molar-refractivity contribution >= 4 is 5.91 Å². The Labute approximate surface area is 121 Å². The van der Waals surface area contributed by atoms with Crippen molar-refractivity contribution in [3.05, 3.63) is 35.9 Å². The second-order valence-corrected chi connectivity index (χ2v) is 5.15. The first kappa shape index (κ1) is 16.7. The van der Waals surface area contributed by atoms with E-state index in [1.807, 2.05) is 37.3 Å². The highest BCUT2D eigenvalue weighted by Gasteiger charge is 2.24. The number of nitrogens with two attached hydrogens (primary N) is 1. The van der Waals surface area contributed by atoms with Crippen molar-refractivity contribution in [3.63, 3.8) is 0 Å². The van der Waals surface area contributed by atoms with E-state index in [0.29, 0.717) is 19.7 Å². The maximum Gasteiger partial charge on any atom is 0.240 e. The fourth-order valence-electron chi connectivity index (χ4n) is 1.98. The highest BCUT2D eigenvalue weighted by molar-refractivity contribution is 5.82. The molecule has 4 heteroatoms. The van der Waals surface area contributed by atoms with Crippen LogP contribution in [0, 0.1) is 5.92 Å². The molecule has 1 aromatic rings. The topological polar surface area (TPSA) is 55.6 Å². The fraction of sp³-hybridized carbons (Fsp3) is 0.562. The molecule has 1 rings (SSSR count). The van der Waals surface area contributed by atoms with E-state index in [-0.39, 0.29) is 11.8 Å². The maximum atomic E-state index is 12.5. The largest absolute Gasteiger partial charge is 0.383 e. The van der Waals surface area contributed by atoms with E-state index in [9.17, 15) is 4.79 Å². The van der Waals surface area contributed by atoms with Gasteiger partial charge in [-0.2, -0.15) is 0 Å². The Bertz CT molecular complexity index is 395. The van der Waals surface area contributed by atoms with Gasteiger partial charge in [-0.1, -0.05) is 50.6 Å². The Hall–Kier alpha value is -1.39. The number of benzene rings is 1. The Morgan fingerprint density at radius 2 is 2.00 bits per heavy atom. The first-order chi connectivity index (χ1) is 9.60. The molecule has 0 aliphatic heterocycles. The minimum atomic E-state index is -0.444. The van der Waals surface area contributed by atoms with Crippen LogP contribution in [-0.2, 0) is 16.1 Å². The molecular formula is C16H26N2O2. The average Bonchev–Trinajstić information content (AvgIpc) is 2.50. The summed E-state index contributed by atoms with van der Waals surface area (Å²) < 4.78 is 5.09. The predicted octanol–water partition coefficient (Wildman–Crippen LogP) is 2.03. The van der Waals surface area contributed by atoms with Gasteiger partial charge in [-0.15, -0.1) is 0 Å². The number of carbonyl (C=O) groups excluding carboxylic acids is 1. The molecule has 0 spiro atoms. The number of hydrogen-bond acceptors (Lipinski definition) is 3. The Balaban J connectivity index is 2.75. The third-order valence-corrected chi connectivity index (χ3v) is 3.64. The zero-order valence-corrected chi connectivity index (χ0v) is 12.7. The molecule has 0 aromatic heterocycles. The molecule has 1 unspecified atom stereocenters. The number of ether oxygens (including phenoxy) is 1. The van der Waals surface area contributed by atoms with E-state index < -0.39 is 6.04 Å². The van der Waals surface area contributed by atoms with Gasteiger partial charge in [0.15, 0.2) is 0 Å². The number of nitrogens with zero attached hydrogens (tertiary/aromatic N) is 1. The molecule has 0 bridgehead atoms. The monoisotopic (exact) mass is 278 g/mol. The van der Waals surface area contributed by atoms with Crippen molar-refractivity contribution in [2.24, 2.45) is 11.7 Å². The zero-order chi connectivity index (χ0) is 15.0. The molecule has 0 saturated heterocycles. The van der Waals surface area contributed by atoms with Crippen molar-refractivity contribution in [2.45, 2.75) is 32.9 Å². The fourth-order valence-corrected chi connectivity index (χ4v) is 1.98. The summed E-state index contributed by atoms with van der Waals surface area (Å²) in [4.78, 5) is 14.3. The van der Waals surface area contributed by atoms with Gasteiger partial charge in [-0.05, 0) is 11.5 Å². The van der Waals surface area contributed by atoms with Gasteiger partial charge in [0.2, 0.25) is 5.91 Å². The second-order valence-electron chi connectivity index (χ2n) is 5.15. The van der Waals surface area contributed by atoms with Gasteiger partial charge < -0.3 is 15.4 Å². The highest BCUT2D eigenvalue weighted by atomic mass is 16.5.